The third kappa shape index (κ3) is 2.73. The maximum Gasteiger partial charge on any atom is 0.159 e. The fourth-order valence-corrected chi connectivity index (χ4v) is 1.86. The molecular weight excluding hydrogens is 270 g/mol. The minimum atomic E-state index is -0.905. The first-order chi connectivity index (χ1) is 8.90. The number of hydrogen-bond acceptors (Lipinski definition) is 2. The van der Waals surface area contributed by atoms with Crippen LogP contribution in [0.4, 0.5) is 8.78 Å². The van der Waals surface area contributed by atoms with Crippen LogP contribution < -0.4 is 0 Å². The second-order valence-corrected chi connectivity index (χ2v) is 4.99. The molecule has 0 saturated heterocycles. The lowest BCUT2D eigenvalue weighted by Crippen LogP contribution is -2.02. The zero-order valence-corrected chi connectivity index (χ0v) is 11.6. The number of benzene rings is 1. The van der Waals surface area contributed by atoms with E-state index in [1.165, 1.54) is 6.07 Å². The van der Waals surface area contributed by atoms with E-state index >= 15 is 0 Å². The predicted molar refractivity (Wildman–Crippen MR) is 71.2 cm³/mol. The van der Waals surface area contributed by atoms with Crippen molar-refractivity contribution in [2.24, 2.45) is 0 Å². The second-order valence-electron chi connectivity index (χ2n) is 4.63. The molecule has 1 aromatic heterocycles. The SMILES string of the molecule is Cc1c(Cl)nc(C(C)C)nc1-c1ccc(F)c(F)c1. The van der Waals surface area contributed by atoms with E-state index < -0.39 is 11.6 Å². The highest BCUT2D eigenvalue weighted by Gasteiger charge is 2.14. The summed E-state index contributed by atoms with van der Waals surface area (Å²) in [5, 5.41) is 0.332. The average molecular weight is 283 g/mol. The van der Waals surface area contributed by atoms with E-state index in [0.717, 1.165) is 12.1 Å². The van der Waals surface area contributed by atoms with Crippen LogP contribution in [0.2, 0.25) is 5.15 Å². The lowest BCUT2D eigenvalue weighted by atomic mass is 10.1. The van der Waals surface area contributed by atoms with Gasteiger partial charge in [-0.3, -0.25) is 0 Å². The number of aromatic nitrogens is 2. The van der Waals surface area contributed by atoms with Gasteiger partial charge in [0.15, 0.2) is 11.6 Å². The van der Waals surface area contributed by atoms with Gasteiger partial charge in [0.25, 0.3) is 0 Å². The Kier molecular flexibility index (Phi) is 3.80. The van der Waals surface area contributed by atoms with Crippen LogP contribution in [0.25, 0.3) is 11.3 Å². The molecule has 1 heterocycles. The lowest BCUT2D eigenvalue weighted by Gasteiger charge is -2.11. The first kappa shape index (κ1) is 13.9. The summed E-state index contributed by atoms with van der Waals surface area (Å²) in [6.07, 6.45) is 0. The molecule has 0 radical (unpaired) electrons. The quantitative estimate of drug-likeness (QED) is 0.758. The van der Waals surface area contributed by atoms with Gasteiger partial charge >= 0.3 is 0 Å². The first-order valence-corrected chi connectivity index (χ1v) is 6.27. The van der Waals surface area contributed by atoms with E-state index in [-0.39, 0.29) is 5.92 Å². The highest BCUT2D eigenvalue weighted by Crippen LogP contribution is 2.28. The monoisotopic (exact) mass is 282 g/mol. The molecule has 2 rings (SSSR count). The topological polar surface area (TPSA) is 25.8 Å². The van der Waals surface area contributed by atoms with Crippen LogP contribution in [-0.2, 0) is 0 Å². The van der Waals surface area contributed by atoms with E-state index in [1.54, 1.807) is 6.92 Å². The van der Waals surface area contributed by atoms with Crippen LogP contribution in [-0.4, -0.2) is 9.97 Å². The third-order valence-electron chi connectivity index (χ3n) is 2.81. The zero-order chi connectivity index (χ0) is 14.2. The molecular formula is C14H13ClF2N2. The molecule has 0 fully saturated rings. The van der Waals surface area contributed by atoms with E-state index in [4.69, 9.17) is 11.6 Å². The number of rotatable bonds is 2. The van der Waals surface area contributed by atoms with Gasteiger partial charge < -0.3 is 0 Å². The van der Waals surface area contributed by atoms with Crippen molar-refractivity contribution in [2.75, 3.05) is 0 Å². The van der Waals surface area contributed by atoms with Crippen molar-refractivity contribution in [1.29, 1.82) is 0 Å². The van der Waals surface area contributed by atoms with Gasteiger partial charge in [-0.2, -0.15) is 0 Å². The van der Waals surface area contributed by atoms with Crippen molar-refractivity contribution in [2.45, 2.75) is 26.7 Å². The van der Waals surface area contributed by atoms with Gasteiger partial charge in [0.2, 0.25) is 0 Å². The summed E-state index contributed by atoms with van der Waals surface area (Å²) in [6.45, 7) is 5.63. The van der Waals surface area contributed by atoms with Gasteiger partial charge in [-0.15, -0.1) is 0 Å². The summed E-state index contributed by atoms with van der Waals surface area (Å²) in [5.74, 6) is -1.11. The van der Waals surface area contributed by atoms with E-state index in [1.807, 2.05) is 13.8 Å². The van der Waals surface area contributed by atoms with Gasteiger partial charge in [0.1, 0.15) is 11.0 Å². The van der Waals surface area contributed by atoms with Crippen LogP contribution in [0.3, 0.4) is 0 Å². The van der Waals surface area contributed by atoms with Crippen molar-refractivity contribution >= 4 is 11.6 Å². The molecule has 0 bridgehead atoms. The Morgan fingerprint density at radius 2 is 1.79 bits per heavy atom. The molecule has 0 spiro atoms. The van der Waals surface area contributed by atoms with Gasteiger partial charge in [0, 0.05) is 17.0 Å². The van der Waals surface area contributed by atoms with E-state index in [0.29, 0.717) is 27.8 Å². The molecule has 0 amide bonds. The summed E-state index contributed by atoms with van der Waals surface area (Å²) in [5.41, 5.74) is 1.67. The summed E-state index contributed by atoms with van der Waals surface area (Å²) < 4.78 is 26.3. The summed E-state index contributed by atoms with van der Waals surface area (Å²) in [6, 6.07) is 3.68. The van der Waals surface area contributed by atoms with E-state index in [9.17, 15) is 8.78 Å². The van der Waals surface area contributed by atoms with Gasteiger partial charge in [0.05, 0.1) is 5.69 Å². The maximum atomic E-state index is 13.3. The maximum absolute atomic E-state index is 13.3. The van der Waals surface area contributed by atoms with E-state index in [2.05, 4.69) is 9.97 Å². The molecule has 0 saturated carbocycles. The zero-order valence-electron chi connectivity index (χ0n) is 10.8. The molecule has 0 unspecified atom stereocenters. The molecule has 100 valence electrons. The smallest absolute Gasteiger partial charge is 0.159 e. The van der Waals surface area contributed by atoms with Crippen molar-refractivity contribution in [1.82, 2.24) is 9.97 Å². The van der Waals surface area contributed by atoms with Crippen LogP contribution in [0.15, 0.2) is 18.2 Å². The molecule has 5 heteroatoms. The van der Waals surface area contributed by atoms with Crippen molar-refractivity contribution in [3.8, 4) is 11.3 Å². The molecule has 2 aromatic rings. The van der Waals surface area contributed by atoms with Gasteiger partial charge in [-0.1, -0.05) is 25.4 Å². The summed E-state index contributed by atoms with van der Waals surface area (Å²) in [4.78, 5) is 8.57. The van der Waals surface area contributed by atoms with Crippen LogP contribution >= 0.6 is 11.6 Å². The molecule has 2 nitrogen and oxygen atoms in total. The number of nitrogens with zero attached hydrogens (tertiary/aromatic N) is 2. The minimum Gasteiger partial charge on any atom is -0.232 e. The predicted octanol–water partition coefficient (Wildman–Crippen LogP) is 4.51. The minimum absolute atomic E-state index is 0.0992. The van der Waals surface area contributed by atoms with Crippen molar-refractivity contribution in [3.63, 3.8) is 0 Å². The number of halogens is 3. The first-order valence-electron chi connectivity index (χ1n) is 5.89. The van der Waals surface area contributed by atoms with Crippen LogP contribution in [0.1, 0.15) is 31.2 Å². The normalized spacial score (nSPS) is 11.1. The van der Waals surface area contributed by atoms with Crippen LogP contribution in [0.5, 0.6) is 0 Å². The van der Waals surface area contributed by atoms with Crippen molar-refractivity contribution < 1.29 is 8.78 Å². The Balaban J connectivity index is 2.63. The summed E-state index contributed by atoms with van der Waals surface area (Å²) in [7, 11) is 0. The van der Waals surface area contributed by atoms with Gasteiger partial charge in [-0.05, 0) is 25.1 Å². The number of hydrogen-bond donors (Lipinski definition) is 0. The fourth-order valence-electron chi connectivity index (χ4n) is 1.69. The average Bonchev–Trinajstić information content (AvgIpc) is 2.35. The molecule has 0 aliphatic carbocycles. The Labute approximate surface area is 115 Å². The second kappa shape index (κ2) is 5.21. The molecule has 0 atom stereocenters. The molecule has 19 heavy (non-hydrogen) atoms. The molecule has 0 N–H and O–H groups in total. The largest absolute Gasteiger partial charge is 0.232 e. The van der Waals surface area contributed by atoms with Crippen molar-refractivity contribution in [3.05, 3.63) is 46.4 Å². The molecule has 0 aliphatic rings. The Morgan fingerprint density at radius 1 is 1.11 bits per heavy atom. The summed E-state index contributed by atoms with van der Waals surface area (Å²) >= 11 is 6.07. The molecule has 0 aliphatic heterocycles. The van der Waals surface area contributed by atoms with Crippen LogP contribution in [0, 0.1) is 18.6 Å². The Hall–Kier alpha value is -1.55. The lowest BCUT2D eigenvalue weighted by molar-refractivity contribution is 0.509. The highest BCUT2D eigenvalue weighted by molar-refractivity contribution is 6.30. The van der Waals surface area contributed by atoms with Gasteiger partial charge in [-0.25, -0.2) is 18.7 Å². The third-order valence-corrected chi connectivity index (χ3v) is 3.18. The fraction of sp³-hybridized carbons (Fsp3) is 0.286. The standard InChI is InChI=1S/C14H13ClF2N2/c1-7(2)14-18-12(8(3)13(15)19-14)9-4-5-10(16)11(17)6-9/h4-7H,1-3H3. The Bertz CT molecular complexity index is 627. The highest BCUT2D eigenvalue weighted by atomic mass is 35.5. The Morgan fingerprint density at radius 3 is 2.37 bits per heavy atom. The molecule has 1 aromatic carbocycles.